The van der Waals surface area contributed by atoms with E-state index < -0.39 is 0 Å². The fourth-order valence-electron chi connectivity index (χ4n) is 3.10. The molecular weight excluding hydrogens is 240 g/mol. The second kappa shape index (κ2) is 5.33. The lowest BCUT2D eigenvalue weighted by atomic mass is 9.64. The zero-order valence-electron chi connectivity index (χ0n) is 11.1. The minimum absolute atomic E-state index is 0.0606. The molecular formula is C16H20O3. The van der Waals surface area contributed by atoms with Gasteiger partial charge in [-0.2, -0.15) is 0 Å². The van der Waals surface area contributed by atoms with Gasteiger partial charge in [0.05, 0.1) is 11.5 Å². The Balaban J connectivity index is 1.62. The Labute approximate surface area is 113 Å². The fourth-order valence-corrected chi connectivity index (χ4v) is 3.10. The molecule has 0 radical (unpaired) electrons. The summed E-state index contributed by atoms with van der Waals surface area (Å²) in [6, 6.07) is 9.84. The van der Waals surface area contributed by atoms with Crippen molar-refractivity contribution in [1.82, 2.24) is 0 Å². The summed E-state index contributed by atoms with van der Waals surface area (Å²) in [5.74, 6) is -0.0606. The molecule has 0 aromatic heterocycles. The van der Waals surface area contributed by atoms with E-state index in [9.17, 15) is 4.79 Å². The van der Waals surface area contributed by atoms with E-state index in [4.69, 9.17) is 9.47 Å². The summed E-state index contributed by atoms with van der Waals surface area (Å²) >= 11 is 0. The smallest absolute Gasteiger partial charge is 0.315 e. The minimum atomic E-state index is -0.342. The van der Waals surface area contributed by atoms with Crippen molar-refractivity contribution >= 4 is 5.97 Å². The van der Waals surface area contributed by atoms with Crippen LogP contribution in [0.4, 0.5) is 0 Å². The lowest BCUT2D eigenvalue weighted by Crippen LogP contribution is -2.48. The van der Waals surface area contributed by atoms with Crippen LogP contribution in [0.3, 0.4) is 0 Å². The van der Waals surface area contributed by atoms with Crippen molar-refractivity contribution in [1.29, 1.82) is 0 Å². The predicted molar refractivity (Wildman–Crippen MR) is 71.5 cm³/mol. The molecule has 1 saturated carbocycles. The van der Waals surface area contributed by atoms with Crippen LogP contribution in [0.5, 0.6) is 0 Å². The van der Waals surface area contributed by atoms with Crippen molar-refractivity contribution in [3.63, 3.8) is 0 Å². The standard InChI is InChI=1S/C16H20O3/c17-15(19-12-13-6-2-1-3-7-13)16(9-5-10-16)14-8-4-11-18-14/h1-3,6-7,14H,4-5,8-12H2. The third kappa shape index (κ3) is 2.39. The normalized spacial score (nSPS) is 24.7. The molecule has 0 N–H and O–H groups in total. The first-order valence-electron chi connectivity index (χ1n) is 7.14. The molecule has 0 spiro atoms. The van der Waals surface area contributed by atoms with Crippen molar-refractivity contribution in [2.45, 2.75) is 44.8 Å². The van der Waals surface area contributed by atoms with Gasteiger partial charge in [-0.05, 0) is 31.2 Å². The van der Waals surface area contributed by atoms with E-state index in [1.807, 2.05) is 30.3 Å². The largest absolute Gasteiger partial charge is 0.460 e. The molecule has 1 aliphatic carbocycles. The maximum atomic E-state index is 12.4. The van der Waals surface area contributed by atoms with Gasteiger partial charge in [-0.1, -0.05) is 36.8 Å². The summed E-state index contributed by atoms with van der Waals surface area (Å²) in [5.41, 5.74) is 0.698. The van der Waals surface area contributed by atoms with Gasteiger partial charge in [0.15, 0.2) is 0 Å². The van der Waals surface area contributed by atoms with Gasteiger partial charge in [0, 0.05) is 6.61 Å². The molecule has 1 unspecified atom stereocenters. The van der Waals surface area contributed by atoms with Crippen molar-refractivity contribution in [2.24, 2.45) is 5.41 Å². The third-order valence-electron chi connectivity index (χ3n) is 4.41. The number of ether oxygens (including phenoxy) is 2. The average molecular weight is 260 g/mol. The molecule has 3 rings (SSSR count). The van der Waals surface area contributed by atoms with Gasteiger partial charge in [0.25, 0.3) is 0 Å². The maximum absolute atomic E-state index is 12.4. The van der Waals surface area contributed by atoms with Gasteiger partial charge in [-0.3, -0.25) is 4.79 Å². The molecule has 2 aliphatic rings. The molecule has 3 heteroatoms. The Morgan fingerprint density at radius 1 is 1.26 bits per heavy atom. The van der Waals surface area contributed by atoms with Crippen LogP contribution in [-0.2, 0) is 20.9 Å². The predicted octanol–water partition coefficient (Wildman–Crippen LogP) is 3.08. The quantitative estimate of drug-likeness (QED) is 0.780. The lowest BCUT2D eigenvalue weighted by Gasteiger charge is -2.43. The lowest BCUT2D eigenvalue weighted by molar-refractivity contribution is -0.175. The van der Waals surface area contributed by atoms with E-state index in [2.05, 4.69) is 0 Å². The van der Waals surface area contributed by atoms with Crippen LogP contribution < -0.4 is 0 Å². The topological polar surface area (TPSA) is 35.5 Å². The highest BCUT2D eigenvalue weighted by molar-refractivity contribution is 5.78. The molecule has 19 heavy (non-hydrogen) atoms. The molecule has 1 heterocycles. The highest BCUT2D eigenvalue weighted by Gasteiger charge is 2.53. The highest BCUT2D eigenvalue weighted by atomic mass is 16.5. The summed E-state index contributed by atoms with van der Waals surface area (Å²) in [6.45, 7) is 1.16. The monoisotopic (exact) mass is 260 g/mol. The molecule has 102 valence electrons. The number of benzene rings is 1. The number of rotatable bonds is 4. The van der Waals surface area contributed by atoms with E-state index in [0.717, 1.165) is 44.3 Å². The zero-order valence-corrected chi connectivity index (χ0v) is 11.1. The van der Waals surface area contributed by atoms with Gasteiger partial charge in [-0.25, -0.2) is 0 Å². The van der Waals surface area contributed by atoms with Crippen molar-refractivity contribution < 1.29 is 14.3 Å². The van der Waals surface area contributed by atoms with Crippen LogP contribution >= 0.6 is 0 Å². The van der Waals surface area contributed by atoms with Crippen molar-refractivity contribution in [3.05, 3.63) is 35.9 Å². The maximum Gasteiger partial charge on any atom is 0.315 e. The first kappa shape index (κ1) is 12.7. The van der Waals surface area contributed by atoms with E-state index in [1.165, 1.54) is 0 Å². The molecule has 1 aromatic carbocycles. The van der Waals surface area contributed by atoms with Crippen LogP contribution in [0.2, 0.25) is 0 Å². The molecule has 3 nitrogen and oxygen atoms in total. The summed E-state index contributed by atoms with van der Waals surface area (Å²) < 4.78 is 11.3. The Kier molecular flexibility index (Phi) is 3.56. The SMILES string of the molecule is O=C(OCc1ccccc1)C1(C2CCCO2)CCC1. The van der Waals surface area contributed by atoms with Crippen LogP contribution in [0.25, 0.3) is 0 Å². The second-order valence-electron chi connectivity index (χ2n) is 5.57. The van der Waals surface area contributed by atoms with Gasteiger partial charge >= 0.3 is 5.97 Å². The molecule has 1 aliphatic heterocycles. The summed E-state index contributed by atoms with van der Waals surface area (Å²) in [7, 11) is 0. The van der Waals surface area contributed by atoms with Crippen LogP contribution in [0.15, 0.2) is 30.3 Å². The second-order valence-corrected chi connectivity index (χ2v) is 5.57. The van der Waals surface area contributed by atoms with Gasteiger partial charge in [-0.15, -0.1) is 0 Å². The highest BCUT2D eigenvalue weighted by Crippen LogP contribution is 2.49. The Morgan fingerprint density at radius 3 is 2.63 bits per heavy atom. The van der Waals surface area contributed by atoms with Gasteiger partial charge in [0.2, 0.25) is 0 Å². The molecule has 1 aromatic rings. The Bertz CT molecular complexity index is 431. The fraction of sp³-hybridized carbons (Fsp3) is 0.562. The van der Waals surface area contributed by atoms with E-state index in [0.29, 0.717) is 6.61 Å². The number of hydrogen-bond acceptors (Lipinski definition) is 3. The minimum Gasteiger partial charge on any atom is -0.460 e. The summed E-state index contributed by atoms with van der Waals surface area (Å²) in [5, 5.41) is 0. The van der Waals surface area contributed by atoms with Crippen LogP contribution in [0, 0.1) is 5.41 Å². The molecule has 0 amide bonds. The Morgan fingerprint density at radius 2 is 2.05 bits per heavy atom. The molecule has 1 atom stereocenters. The first-order chi connectivity index (χ1) is 9.31. The Hall–Kier alpha value is -1.35. The number of carbonyl (C=O) groups is 1. The molecule has 1 saturated heterocycles. The number of carbonyl (C=O) groups excluding carboxylic acids is 1. The van der Waals surface area contributed by atoms with E-state index in [1.54, 1.807) is 0 Å². The number of esters is 1. The van der Waals surface area contributed by atoms with Crippen molar-refractivity contribution in [2.75, 3.05) is 6.61 Å². The summed E-state index contributed by atoms with van der Waals surface area (Å²) in [6.07, 6.45) is 5.11. The summed E-state index contributed by atoms with van der Waals surface area (Å²) in [4.78, 5) is 12.4. The third-order valence-corrected chi connectivity index (χ3v) is 4.41. The van der Waals surface area contributed by atoms with Crippen LogP contribution in [-0.4, -0.2) is 18.7 Å². The number of hydrogen-bond donors (Lipinski definition) is 0. The first-order valence-corrected chi connectivity index (χ1v) is 7.14. The molecule has 0 bridgehead atoms. The van der Waals surface area contributed by atoms with Crippen molar-refractivity contribution in [3.8, 4) is 0 Å². The molecule has 2 fully saturated rings. The van der Waals surface area contributed by atoms with Gasteiger partial charge < -0.3 is 9.47 Å². The van der Waals surface area contributed by atoms with Crippen LogP contribution in [0.1, 0.15) is 37.7 Å². The zero-order chi connectivity index (χ0) is 13.1. The van der Waals surface area contributed by atoms with Gasteiger partial charge in [0.1, 0.15) is 6.61 Å². The van der Waals surface area contributed by atoms with E-state index in [-0.39, 0.29) is 17.5 Å². The van der Waals surface area contributed by atoms with E-state index >= 15 is 0 Å². The average Bonchev–Trinajstić information content (AvgIpc) is 2.90.